The van der Waals surface area contributed by atoms with Gasteiger partial charge in [0.15, 0.2) is 0 Å². The van der Waals surface area contributed by atoms with Crippen molar-refractivity contribution >= 4 is 62.3 Å². The van der Waals surface area contributed by atoms with Crippen LogP contribution in [0.1, 0.15) is 38.3 Å². The number of carbonyl (C=O) groups is 2. The smallest absolute Gasteiger partial charge is 0.264 e. The predicted molar refractivity (Wildman–Crippen MR) is 162 cm³/mol. The largest absolute Gasteiger partial charge is 0.352 e. The highest BCUT2D eigenvalue weighted by Crippen LogP contribution is 2.31. The second-order valence-electron chi connectivity index (χ2n) is 9.57. The summed E-state index contributed by atoms with van der Waals surface area (Å²) >= 11 is 18.4. The molecule has 40 heavy (non-hydrogen) atoms. The Hall–Kier alpha value is -2.78. The number of carbonyl (C=O) groups excluding carboxylic acids is 2. The van der Waals surface area contributed by atoms with E-state index in [0.717, 1.165) is 15.4 Å². The molecule has 0 unspecified atom stereocenters. The van der Waals surface area contributed by atoms with E-state index < -0.39 is 28.5 Å². The summed E-state index contributed by atoms with van der Waals surface area (Å²) in [5.74, 6) is -0.928. The highest BCUT2D eigenvalue weighted by atomic mass is 35.5. The highest BCUT2D eigenvalue weighted by molar-refractivity contribution is 7.92. The Balaban J connectivity index is 2.04. The molecule has 3 rings (SSSR count). The van der Waals surface area contributed by atoms with E-state index in [2.05, 4.69) is 5.32 Å². The van der Waals surface area contributed by atoms with E-state index in [1.54, 1.807) is 43.3 Å². The lowest BCUT2D eigenvalue weighted by Gasteiger charge is -2.32. The molecule has 3 aromatic rings. The van der Waals surface area contributed by atoms with Crippen molar-refractivity contribution in [3.05, 3.63) is 92.9 Å². The molecular weight excluding hydrogens is 593 g/mol. The van der Waals surface area contributed by atoms with Gasteiger partial charge in [-0.1, -0.05) is 71.6 Å². The zero-order valence-corrected chi connectivity index (χ0v) is 25.8. The van der Waals surface area contributed by atoms with Gasteiger partial charge in [-0.05, 0) is 75.2 Å². The summed E-state index contributed by atoms with van der Waals surface area (Å²) in [7, 11) is -4.21. The van der Waals surface area contributed by atoms with E-state index in [4.69, 9.17) is 34.8 Å². The Morgan fingerprint density at radius 1 is 0.900 bits per heavy atom. The van der Waals surface area contributed by atoms with Gasteiger partial charge >= 0.3 is 0 Å². The average molecular weight is 625 g/mol. The van der Waals surface area contributed by atoms with Crippen LogP contribution in [-0.2, 0) is 26.2 Å². The van der Waals surface area contributed by atoms with Gasteiger partial charge in [-0.2, -0.15) is 0 Å². The van der Waals surface area contributed by atoms with Crippen molar-refractivity contribution < 1.29 is 18.0 Å². The van der Waals surface area contributed by atoms with Gasteiger partial charge in [0.05, 0.1) is 20.6 Å². The molecule has 1 N–H and O–H groups in total. The summed E-state index contributed by atoms with van der Waals surface area (Å²) in [4.78, 5) is 28.4. The fourth-order valence-corrected chi connectivity index (χ4v) is 5.67. The fourth-order valence-electron chi connectivity index (χ4n) is 3.84. The summed E-state index contributed by atoms with van der Waals surface area (Å²) in [6, 6.07) is 16.5. The molecule has 0 aliphatic carbocycles. The minimum Gasteiger partial charge on any atom is -0.352 e. The second-order valence-corrected chi connectivity index (χ2v) is 12.7. The van der Waals surface area contributed by atoms with Crippen molar-refractivity contribution in [2.75, 3.05) is 10.8 Å². The van der Waals surface area contributed by atoms with Gasteiger partial charge in [0, 0.05) is 17.6 Å². The van der Waals surface area contributed by atoms with Crippen LogP contribution in [0.25, 0.3) is 0 Å². The minimum absolute atomic E-state index is 0.00351. The van der Waals surface area contributed by atoms with Crippen LogP contribution in [0.5, 0.6) is 0 Å². The molecule has 2 amide bonds. The third-order valence-corrected chi connectivity index (χ3v) is 9.29. The molecule has 0 saturated heterocycles. The maximum Gasteiger partial charge on any atom is 0.264 e. The molecule has 0 aliphatic rings. The number of nitrogens with zero attached hydrogens (tertiary/aromatic N) is 2. The number of halogens is 3. The zero-order valence-electron chi connectivity index (χ0n) is 22.7. The molecule has 3 aromatic carbocycles. The van der Waals surface area contributed by atoms with Gasteiger partial charge < -0.3 is 10.2 Å². The molecule has 0 aliphatic heterocycles. The summed E-state index contributed by atoms with van der Waals surface area (Å²) in [6.07, 6.45) is 0.712. The standard InChI is InChI=1S/C29H32Cl3N3O4S/c1-5-20(3)33-29(37)21(4)34(17-22-8-10-23(30)11-9-22)28(36)18-35(24-12-15-26(31)27(32)16-24)40(38,39)25-13-6-19(2)7-14-25/h6-16,20-21H,5,17-18H2,1-4H3,(H,33,37)/t20-,21+/m1/s1. The van der Waals surface area contributed by atoms with Crippen LogP contribution in [0.2, 0.25) is 15.1 Å². The lowest BCUT2D eigenvalue weighted by atomic mass is 10.1. The summed E-state index contributed by atoms with van der Waals surface area (Å²) < 4.78 is 28.7. The van der Waals surface area contributed by atoms with Crippen LogP contribution in [-0.4, -0.2) is 43.8 Å². The Morgan fingerprint density at radius 3 is 2.10 bits per heavy atom. The molecule has 0 saturated carbocycles. The third kappa shape index (κ3) is 7.91. The van der Waals surface area contributed by atoms with E-state index >= 15 is 0 Å². The van der Waals surface area contributed by atoms with E-state index in [-0.39, 0.29) is 39.1 Å². The van der Waals surface area contributed by atoms with E-state index in [0.29, 0.717) is 11.4 Å². The van der Waals surface area contributed by atoms with Crippen molar-refractivity contribution in [1.29, 1.82) is 0 Å². The number of benzene rings is 3. The molecule has 7 nitrogen and oxygen atoms in total. The number of amides is 2. The van der Waals surface area contributed by atoms with Crippen LogP contribution >= 0.6 is 34.8 Å². The van der Waals surface area contributed by atoms with Gasteiger partial charge in [0.2, 0.25) is 11.8 Å². The normalized spacial score (nSPS) is 12.9. The Kier molecular flexibility index (Phi) is 10.9. The maximum absolute atomic E-state index is 13.9. The first kappa shape index (κ1) is 31.7. The van der Waals surface area contributed by atoms with E-state index in [1.807, 2.05) is 20.8 Å². The van der Waals surface area contributed by atoms with Crippen LogP contribution in [0.3, 0.4) is 0 Å². The number of rotatable bonds is 11. The predicted octanol–water partition coefficient (Wildman–Crippen LogP) is 6.48. The molecule has 0 bridgehead atoms. The number of anilines is 1. The Bertz CT molecular complexity index is 1450. The zero-order chi connectivity index (χ0) is 29.6. The van der Waals surface area contributed by atoms with Crippen LogP contribution in [0.15, 0.2) is 71.6 Å². The van der Waals surface area contributed by atoms with Crippen molar-refractivity contribution in [1.82, 2.24) is 10.2 Å². The van der Waals surface area contributed by atoms with Crippen LogP contribution in [0.4, 0.5) is 5.69 Å². The first-order valence-corrected chi connectivity index (χ1v) is 15.3. The van der Waals surface area contributed by atoms with Gasteiger partial charge in [0.25, 0.3) is 10.0 Å². The molecule has 214 valence electrons. The van der Waals surface area contributed by atoms with Gasteiger partial charge in [0.1, 0.15) is 12.6 Å². The SMILES string of the molecule is CC[C@@H](C)NC(=O)[C@H](C)N(Cc1ccc(Cl)cc1)C(=O)CN(c1ccc(Cl)c(Cl)c1)S(=O)(=O)c1ccc(C)cc1. The fraction of sp³-hybridized carbons (Fsp3) is 0.310. The molecular formula is C29H32Cl3N3O4S. The topological polar surface area (TPSA) is 86.8 Å². The van der Waals surface area contributed by atoms with Gasteiger partial charge in [-0.3, -0.25) is 13.9 Å². The molecule has 0 fully saturated rings. The summed E-state index contributed by atoms with van der Waals surface area (Å²) in [6.45, 7) is 6.75. The minimum atomic E-state index is -4.21. The molecule has 0 aromatic heterocycles. The number of nitrogens with one attached hydrogen (secondary N) is 1. The molecule has 0 spiro atoms. The summed E-state index contributed by atoms with van der Waals surface area (Å²) in [5, 5.41) is 3.80. The Morgan fingerprint density at radius 2 is 1.52 bits per heavy atom. The lowest BCUT2D eigenvalue weighted by Crippen LogP contribution is -2.52. The lowest BCUT2D eigenvalue weighted by molar-refractivity contribution is -0.139. The van der Waals surface area contributed by atoms with Crippen LogP contribution in [0, 0.1) is 6.92 Å². The Labute approximate surface area is 251 Å². The van der Waals surface area contributed by atoms with Crippen molar-refractivity contribution in [3.8, 4) is 0 Å². The molecule has 0 heterocycles. The third-order valence-electron chi connectivity index (χ3n) is 6.51. The van der Waals surface area contributed by atoms with Crippen molar-refractivity contribution in [2.45, 2.75) is 57.6 Å². The number of hydrogen-bond donors (Lipinski definition) is 1. The van der Waals surface area contributed by atoms with E-state index in [9.17, 15) is 18.0 Å². The van der Waals surface area contributed by atoms with Gasteiger partial charge in [-0.25, -0.2) is 8.42 Å². The first-order chi connectivity index (χ1) is 18.8. The average Bonchev–Trinajstić information content (AvgIpc) is 2.92. The quantitative estimate of drug-likeness (QED) is 0.265. The van der Waals surface area contributed by atoms with Gasteiger partial charge in [-0.15, -0.1) is 0 Å². The van der Waals surface area contributed by atoms with Crippen molar-refractivity contribution in [3.63, 3.8) is 0 Å². The first-order valence-electron chi connectivity index (χ1n) is 12.7. The highest BCUT2D eigenvalue weighted by Gasteiger charge is 2.33. The van der Waals surface area contributed by atoms with Crippen molar-refractivity contribution in [2.24, 2.45) is 0 Å². The molecule has 2 atom stereocenters. The van der Waals surface area contributed by atoms with Crippen LogP contribution < -0.4 is 9.62 Å². The summed E-state index contributed by atoms with van der Waals surface area (Å²) in [5.41, 5.74) is 1.77. The second kappa shape index (κ2) is 13.7. The van der Waals surface area contributed by atoms with E-state index in [1.165, 1.54) is 35.2 Å². The number of hydrogen-bond acceptors (Lipinski definition) is 4. The number of aryl methyl sites for hydroxylation is 1. The molecule has 11 heteroatoms. The number of sulfonamides is 1. The molecule has 0 radical (unpaired) electrons. The monoisotopic (exact) mass is 623 g/mol. The maximum atomic E-state index is 13.9.